The zero-order valence-electron chi connectivity index (χ0n) is 22.8. The van der Waals surface area contributed by atoms with E-state index in [9.17, 15) is 0 Å². The van der Waals surface area contributed by atoms with E-state index in [2.05, 4.69) is 123 Å². The molecule has 0 amide bonds. The van der Waals surface area contributed by atoms with Crippen molar-refractivity contribution in [2.24, 2.45) is 0 Å². The summed E-state index contributed by atoms with van der Waals surface area (Å²) in [5, 5.41) is 0. The van der Waals surface area contributed by atoms with Crippen LogP contribution in [0.4, 0.5) is 0 Å². The number of rotatable bonds is 9. The fourth-order valence-corrected chi connectivity index (χ4v) is 103. The van der Waals surface area contributed by atoms with Crippen molar-refractivity contribution in [3.05, 3.63) is 0 Å². The molecule has 0 bridgehead atoms. The van der Waals surface area contributed by atoms with Gasteiger partial charge in [0.2, 0.25) is 0 Å². The van der Waals surface area contributed by atoms with Gasteiger partial charge in [0, 0.05) is 0 Å². The molecule has 0 aromatic rings. The molecule has 0 fully saturated rings. The molecule has 0 unspecified atom stereocenters. The Balaban J connectivity index is 7.30. The summed E-state index contributed by atoms with van der Waals surface area (Å²) < 4.78 is 10.1. The van der Waals surface area contributed by atoms with Gasteiger partial charge in [0.15, 0.2) is 0 Å². The molecule has 0 rings (SSSR count). The third-order valence-electron chi connectivity index (χ3n) is 4.62. The zero-order valence-corrected chi connectivity index (χ0v) is 33.0. The Bertz CT molecular complexity index is 400. The normalized spacial score (nSPS) is 15.8. The van der Waals surface area contributed by atoms with Crippen molar-refractivity contribution in [1.82, 2.24) is 4.70 Å². The van der Waals surface area contributed by atoms with Crippen LogP contribution in [0.25, 0.3) is 0 Å². The first kappa shape index (κ1) is 30.2. The van der Waals surface area contributed by atoms with Gasteiger partial charge in [-0.2, -0.15) is 0 Å². The van der Waals surface area contributed by atoms with Crippen LogP contribution >= 0.6 is 0 Å². The number of hydrogen-bond donors (Lipinski definition) is 0. The van der Waals surface area contributed by atoms with Gasteiger partial charge < -0.3 is 0 Å². The molecule has 28 heavy (non-hydrogen) atoms. The van der Waals surface area contributed by atoms with Crippen molar-refractivity contribution in [2.75, 3.05) is 0 Å². The van der Waals surface area contributed by atoms with Gasteiger partial charge in [-0.25, -0.2) is 0 Å². The second kappa shape index (κ2) is 9.23. The topological polar surface area (TPSA) is 9.72 Å². The van der Waals surface area contributed by atoms with Crippen LogP contribution < -0.4 is 0 Å². The predicted octanol–water partition coefficient (Wildman–Crippen LogP) is 7.27. The molecule has 0 aromatic carbocycles. The van der Waals surface area contributed by atoms with Crippen molar-refractivity contribution in [2.45, 2.75) is 118 Å². The molecule has 0 aliphatic carbocycles. The standard InChI is InChI=1S/3C6H18NSi2.U/c3*1-8(2,3)7-9(4,5)6;/h3*1-6H3;/q3*-1;+3. The van der Waals surface area contributed by atoms with E-state index in [4.69, 9.17) is 0 Å². The molecular formula is C18H54N3Si6U. The van der Waals surface area contributed by atoms with Crippen LogP contribution in [0.5, 0.6) is 0 Å². The minimum atomic E-state index is -2.65. The van der Waals surface area contributed by atoms with Crippen molar-refractivity contribution < 1.29 is 27.0 Å². The molecule has 0 spiro atoms. The van der Waals surface area contributed by atoms with Gasteiger partial charge in [-0.05, 0) is 0 Å². The summed E-state index contributed by atoms with van der Waals surface area (Å²) in [6.45, 7) is 47.7. The molecule has 169 valence electrons. The monoisotopic (exact) mass is 718 g/mol. The third-order valence-corrected chi connectivity index (χ3v) is 91.2. The summed E-state index contributed by atoms with van der Waals surface area (Å²) in [4.78, 5) is 0. The van der Waals surface area contributed by atoms with Gasteiger partial charge in [-0.1, -0.05) is 0 Å². The van der Waals surface area contributed by atoms with Crippen LogP contribution in [0.15, 0.2) is 0 Å². The molecule has 0 atom stereocenters. The third kappa shape index (κ3) is 8.30. The van der Waals surface area contributed by atoms with E-state index in [1.165, 1.54) is 0 Å². The minimum absolute atomic E-state index is 1.43. The van der Waals surface area contributed by atoms with E-state index in [0.29, 0.717) is 0 Å². The van der Waals surface area contributed by atoms with Crippen molar-refractivity contribution >= 4 is 49.4 Å². The van der Waals surface area contributed by atoms with Gasteiger partial charge in [-0.15, -0.1) is 0 Å². The molecule has 0 aromatic heterocycles. The maximum absolute atomic E-state index is 3.37. The summed E-state index contributed by atoms with van der Waals surface area (Å²) in [5.41, 5.74) is 0. The van der Waals surface area contributed by atoms with Crippen LogP contribution in [-0.2, 0) is 0 Å². The fraction of sp³-hybridized carbons (Fsp3) is 1.00. The van der Waals surface area contributed by atoms with Crippen molar-refractivity contribution in [1.29, 1.82) is 0 Å². The van der Waals surface area contributed by atoms with Gasteiger partial charge in [0.05, 0.1) is 0 Å². The summed E-state index contributed by atoms with van der Waals surface area (Å²) in [7, 11) is -8.56. The Morgan fingerprint density at radius 2 is 0.393 bits per heavy atom. The number of hydrogen-bond acceptors (Lipinski definition) is 3. The Morgan fingerprint density at radius 3 is 0.464 bits per heavy atom. The summed E-state index contributed by atoms with van der Waals surface area (Å²) in [6.07, 6.45) is 0. The Hall–Kier alpha value is 2.23. The van der Waals surface area contributed by atoms with Gasteiger partial charge in [-0.3, -0.25) is 0 Å². The van der Waals surface area contributed by atoms with Gasteiger partial charge in [0.25, 0.3) is 0 Å². The maximum atomic E-state index is 3.37. The Kier molecular flexibility index (Phi) is 9.97. The average Bonchev–Trinajstić information content (AvgIpc) is 2.13. The SMILES string of the molecule is C[Si](C)(C)[N]([U]([N]([Si](C)(C)C)[Si](C)(C)C)[N]([Si](C)(C)C)[Si](C)(C)C)[Si](C)(C)C. The van der Waals surface area contributed by atoms with Crippen molar-refractivity contribution in [3.8, 4) is 0 Å². The second-order valence-electron chi connectivity index (χ2n) is 14.3. The van der Waals surface area contributed by atoms with Crippen LogP contribution in [0.1, 0.15) is 0 Å². The molecule has 10 heteroatoms. The second-order valence-corrected chi connectivity index (χ2v) is 63.7. The summed E-state index contributed by atoms with van der Waals surface area (Å²) in [6, 6.07) is 0. The number of nitrogens with zero attached hydrogens (tertiary/aromatic N) is 3. The molecule has 0 radical (unpaired) electrons. The molecule has 3 nitrogen and oxygen atoms in total. The molecular weight excluding hydrogens is 665 g/mol. The molecule has 0 N–H and O–H groups in total. The van der Waals surface area contributed by atoms with Gasteiger partial charge in [0.1, 0.15) is 0 Å². The first-order valence-corrected chi connectivity index (χ1v) is 37.3. The molecule has 0 saturated heterocycles. The van der Waals surface area contributed by atoms with Crippen LogP contribution in [-0.4, -0.2) is 54.1 Å². The van der Waals surface area contributed by atoms with E-state index in [1.54, 1.807) is 0 Å². The molecule has 0 aliphatic rings. The van der Waals surface area contributed by atoms with E-state index in [-0.39, 0.29) is 0 Å². The Labute approximate surface area is 197 Å². The summed E-state index contributed by atoms with van der Waals surface area (Å²) in [5.74, 6) is 0. The first-order valence-electron chi connectivity index (χ1n) is 11.0. The predicted molar refractivity (Wildman–Crippen MR) is 146 cm³/mol. The molecule has 0 saturated carbocycles. The summed E-state index contributed by atoms with van der Waals surface area (Å²) >= 11 is -2.65. The van der Waals surface area contributed by atoms with Crippen LogP contribution in [0.2, 0.25) is 118 Å². The van der Waals surface area contributed by atoms with E-state index >= 15 is 0 Å². The van der Waals surface area contributed by atoms with Crippen molar-refractivity contribution in [3.63, 3.8) is 0 Å². The first-order chi connectivity index (χ1) is 11.7. The van der Waals surface area contributed by atoms with E-state index in [1.807, 2.05) is 0 Å². The van der Waals surface area contributed by atoms with E-state index in [0.717, 1.165) is 0 Å². The quantitative estimate of drug-likeness (QED) is 0.233. The zero-order chi connectivity index (χ0) is 23.3. The molecule has 0 aliphatic heterocycles. The Morgan fingerprint density at radius 1 is 0.286 bits per heavy atom. The van der Waals surface area contributed by atoms with Crippen LogP contribution in [0.3, 0.4) is 0 Å². The average molecular weight is 719 g/mol. The van der Waals surface area contributed by atoms with E-state index < -0.39 is 76.4 Å². The van der Waals surface area contributed by atoms with Crippen LogP contribution in [0, 0.1) is 27.0 Å². The van der Waals surface area contributed by atoms with Gasteiger partial charge >= 0.3 is 199 Å². The fourth-order valence-electron chi connectivity index (χ4n) is 5.12. The molecule has 0 heterocycles.